The molecule has 3 rings (SSSR count). The Hall–Kier alpha value is -2.37. The monoisotopic (exact) mass is 273 g/mol. The molecule has 3 aromatic rings. The maximum atomic E-state index is 13.4. The van der Waals surface area contributed by atoms with Crippen molar-refractivity contribution < 1.29 is 4.39 Å². The largest absolute Gasteiger partial charge is 0.369 e. The molecule has 0 aliphatic carbocycles. The van der Waals surface area contributed by atoms with Crippen molar-refractivity contribution in [1.29, 1.82) is 0 Å². The number of nitrogens with two attached hydrogens (primary N) is 1. The number of nitrogen functional groups attached to an aromatic ring is 1. The predicted molar refractivity (Wildman–Crippen MR) is 75.9 cm³/mol. The first-order valence-electron chi connectivity index (χ1n) is 6.41. The van der Waals surface area contributed by atoms with E-state index in [0.29, 0.717) is 5.95 Å². The molecule has 0 amide bonds. The summed E-state index contributed by atoms with van der Waals surface area (Å²) in [5.74, 6) is 0.151. The van der Waals surface area contributed by atoms with Crippen LogP contribution >= 0.6 is 0 Å². The van der Waals surface area contributed by atoms with Gasteiger partial charge in [-0.05, 0) is 31.5 Å². The molecule has 1 aromatic carbocycles. The number of aryl methyl sites for hydroxylation is 2. The van der Waals surface area contributed by atoms with Crippen LogP contribution in [0.15, 0.2) is 24.3 Å². The lowest BCUT2D eigenvalue weighted by Gasteiger charge is -2.16. The summed E-state index contributed by atoms with van der Waals surface area (Å²) in [5, 5.41) is 4.35. The Morgan fingerprint density at radius 1 is 1.35 bits per heavy atom. The van der Waals surface area contributed by atoms with Gasteiger partial charge >= 0.3 is 0 Å². The molecule has 0 aliphatic rings. The molecule has 1 atom stereocenters. The van der Waals surface area contributed by atoms with Crippen molar-refractivity contribution in [3.05, 3.63) is 41.3 Å². The molecular formula is C14H16FN5. The van der Waals surface area contributed by atoms with Crippen molar-refractivity contribution in [3.8, 4) is 0 Å². The summed E-state index contributed by atoms with van der Waals surface area (Å²) in [5.41, 5.74) is 9.33. The van der Waals surface area contributed by atoms with E-state index in [1.165, 1.54) is 12.1 Å². The fourth-order valence-electron chi connectivity index (χ4n) is 2.61. The van der Waals surface area contributed by atoms with Gasteiger partial charge in [0.15, 0.2) is 5.65 Å². The lowest BCUT2D eigenvalue weighted by molar-refractivity contribution is 0.605. The number of nitrogens with zero attached hydrogens (tertiary/aromatic N) is 4. The van der Waals surface area contributed by atoms with Crippen molar-refractivity contribution in [2.45, 2.75) is 19.9 Å². The number of fused-ring (bicyclic) bond motifs is 1. The zero-order valence-corrected chi connectivity index (χ0v) is 11.6. The van der Waals surface area contributed by atoms with Crippen LogP contribution in [-0.2, 0) is 7.05 Å². The van der Waals surface area contributed by atoms with Gasteiger partial charge in [-0.25, -0.2) is 9.37 Å². The lowest BCUT2D eigenvalue weighted by Crippen LogP contribution is -2.12. The molecule has 0 saturated carbocycles. The van der Waals surface area contributed by atoms with E-state index in [-0.39, 0.29) is 11.9 Å². The second kappa shape index (κ2) is 4.33. The minimum absolute atomic E-state index is 0.120. The minimum Gasteiger partial charge on any atom is -0.369 e. The molecule has 20 heavy (non-hydrogen) atoms. The van der Waals surface area contributed by atoms with Gasteiger partial charge in [0.1, 0.15) is 11.3 Å². The topological polar surface area (TPSA) is 61.7 Å². The number of imidazole rings is 1. The average Bonchev–Trinajstić information content (AvgIpc) is 2.87. The Morgan fingerprint density at radius 3 is 2.80 bits per heavy atom. The normalized spacial score (nSPS) is 13.0. The van der Waals surface area contributed by atoms with Crippen LogP contribution in [0.1, 0.15) is 24.2 Å². The highest BCUT2D eigenvalue weighted by atomic mass is 19.1. The van der Waals surface area contributed by atoms with E-state index >= 15 is 0 Å². The van der Waals surface area contributed by atoms with Crippen molar-refractivity contribution in [2.75, 3.05) is 5.73 Å². The van der Waals surface area contributed by atoms with E-state index in [0.717, 1.165) is 22.4 Å². The third kappa shape index (κ3) is 1.76. The van der Waals surface area contributed by atoms with Gasteiger partial charge in [-0.1, -0.05) is 12.1 Å². The molecular weight excluding hydrogens is 257 g/mol. The molecule has 0 spiro atoms. The molecule has 2 N–H and O–H groups in total. The van der Waals surface area contributed by atoms with Gasteiger partial charge in [-0.3, -0.25) is 9.25 Å². The second-order valence-corrected chi connectivity index (χ2v) is 4.95. The summed E-state index contributed by atoms with van der Waals surface area (Å²) >= 11 is 0. The molecule has 0 fully saturated rings. The zero-order chi connectivity index (χ0) is 14.4. The van der Waals surface area contributed by atoms with Crippen LogP contribution in [0.25, 0.3) is 11.2 Å². The highest BCUT2D eigenvalue weighted by Gasteiger charge is 2.20. The van der Waals surface area contributed by atoms with Gasteiger partial charge in [0.05, 0.1) is 11.7 Å². The fraction of sp³-hybridized carbons (Fsp3) is 0.286. The summed E-state index contributed by atoms with van der Waals surface area (Å²) in [6.07, 6.45) is 0. The van der Waals surface area contributed by atoms with E-state index in [1.807, 2.05) is 31.5 Å². The Bertz CT molecular complexity index is 786. The van der Waals surface area contributed by atoms with E-state index in [1.54, 1.807) is 10.7 Å². The van der Waals surface area contributed by atoms with Crippen LogP contribution in [0, 0.1) is 12.7 Å². The molecule has 0 saturated heterocycles. The summed E-state index contributed by atoms with van der Waals surface area (Å²) in [6.45, 7) is 3.86. The van der Waals surface area contributed by atoms with Crippen molar-refractivity contribution >= 4 is 17.1 Å². The number of anilines is 1. The predicted octanol–water partition coefficient (Wildman–Crippen LogP) is 2.41. The molecule has 0 radical (unpaired) electrons. The fourth-order valence-corrected chi connectivity index (χ4v) is 2.61. The highest BCUT2D eigenvalue weighted by Crippen LogP contribution is 2.28. The van der Waals surface area contributed by atoms with Crippen LogP contribution in [-0.4, -0.2) is 19.3 Å². The van der Waals surface area contributed by atoms with Gasteiger partial charge in [0, 0.05) is 7.05 Å². The average molecular weight is 273 g/mol. The highest BCUT2D eigenvalue weighted by molar-refractivity contribution is 5.77. The molecule has 2 heterocycles. The number of rotatable bonds is 2. The Morgan fingerprint density at radius 2 is 2.10 bits per heavy atom. The number of aromatic nitrogens is 4. The van der Waals surface area contributed by atoms with Gasteiger partial charge < -0.3 is 5.73 Å². The van der Waals surface area contributed by atoms with Crippen LogP contribution in [0.4, 0.5) is 10.3 Å². The SMILES string of the molecule is Cc1nn(C)c2c1nc(N)n2C(C)c1cccc(F)c1. The first-order chi connectivity index (χ1) is 9.49. The van der Waals surface area contributed by atoms with Gasteiger partial charge in [0.2, 0.25) is 5.95 Å². The zero-order valence-electron chi connectivity index (χ0n) is 11.6. The standard InChI is InChI=1S/C14H16FN5/c1-8-12-13(19(3)18-8)20(14(16)17-12)9(2)10-5-4-6-11(15)7-10/h4-7,9H,1-3H3,(H2,16,17). The number of halogens is 1. The first kappa shape index (κ1) is 12.7. The quantitative estimate of drug-likeness (QED) is 0.780. The lowest BCUT2D eigenvalue weighted by atomic mass is 10.1. The summed E-state index contributed by atoms with van der Waals surface area (Å²) in [7, 11) is 1.85. The van der Waals surface area contributed by atoms with Crippen molar-refractivity contribution in [1.82, 2.24) is 19.3 Å². The van der Waals surface area contributed by atoms with Gasteiger partial charge in [-0.15, -0.1) is 0 Å². The minimum atomic E-state index is -0.259. The Labute approximate surface area is 115 Å². The van der Waals surface area contributed by atoms with E-state index in [2.05, 4.69) is 10.1 Å². The second-order valence-electron chi connectivity index (χ2n) is 4.95. The van der Waals surface area contributed by atoms with E-state index in [4.69, 9.17) is 5.73 Å². The third-order valence-electron chi connectivity index (χ3n) is 3.58. The van der Waals surface area contributed by atoms with Crippen molar-refractivity contribution in [2.24, 2.45) is 7.05 Å². The van der Waals surface area contributed by atoms with Gasteiger partial charge in [0.25, 0.3) is 0 Å². The molecule has 5 nitrogen and oxygen atoms in total. The maximum Gasteiger partial charge on any atom is 0.203 e. The maximum absolute atomic E-state index is 13.4. The van der Waals surface area contributed by atoms with Crippen LogP contribution in [0.2, 0.25) is 0 Å². The molecule has 104 valence electrons. The molecule has 1 unspecified atom stereocenters. The van der Waals surface area contributed by atoms with E-state index in [9.17, 15) is 4.39 Å². The number of hydrogen-bond donors (Lipinski definition) is 1. The molecule has 2 aromatic heterocycles. The summed E-state index contributed by atoms with van der Waals surface area (Å²) < 4.78 is 17.0. The smallest absolute Gasteiger partial charge is 0.203 e. The molecule has 6 heteroatoms. The Balaban J connectivity index is 2.21. The summed E-state index contributed by atoms with van der Waals surface area (Å²) in [6, 6.07) is 6.39. The molecule has 0 bridgehead atoms. The Kier molecular flexibility index (Phi) is 2.74. The van der Waals surface area contributed by atoms with E-state index < -0.39 is 0 Å². The number of benzene rings is 1. The van der Waals surface area contributed by atoms with Crippen LogP contribution < -0.4 is 5.73 Å². The first-order valence-corrected chi connectivity index (χ1v) is 6.41. The van der Waals surface area contributed by atoms with Crippen LogP contribution in [0.5, 0.6) is 0 Å². The molecule has 0 aliphatic heterocycles. The summed E-state index contributed by atoms with van der Waals surface area (Å²) in [4.78, 5) is 4.37. The number of hydrogen-bond acceptors (Lipinski definition) is 3. The van der Waals surface area contributed by atoms with Crippen molar-refractivity contribution in [3.63, 3.8) is 0 Å². The van der Waals surface area contributed by atoms with Crippen LogP contribution in [0.3, 0.4) is 0 Å². The van der Waals surface area contributed by atoms with Gasteiger partial charge in [-0.2, -0.15) is 5.10 Å². The third-order valence-corrected chi connectivity index (χ3v) is 3.58.